The van der Waals surface area contributed by atoms with E-state index >= 15 is 0 Å². The predicted octanol–water partition coefficient (Wildman–Crippen LogP) is 3.19. The van der Waals surface area contributed by atoms with E-state index in [0.717, 1.165) is 5.56 Å². The van der Waals surface area contributed by atoms with Crippen LogP contribution in [0.15, 0.2) is 67.3 Å². The van der Waals surface area contributed by atoms with Gasteiger partial charge in [0.15, 0.2) is 5.78 Å². The number of carbonyl (C=O) groups excluding carboxylic acids is 2. The van der Waals surface area contributed by atoms with Crippen molar-refractivity contribution in [2.45, 2.75) is 5.92 Å². The average Bonchev–Trinajstić information content (AvgIpc) is 2.53. The summed E-state index contributed by atoms with van der Waals surface area (Å²) in [5.74, 6) is -1.09. The molecule has 1 aliphatic heterocycles. The zero-order valence-corrected chi connectivity index (χ0v) is 11.5. The molecule has 0 spiro atoms. The van der Waals surface area contributed by atoms with Crippen molar-refractivity contribution in [2.24, 2.45) is 0 Å². The predicted molar refractivity (Wildman–Crippen MR) is 82.5 cm³/mol. The molecule has 1 atom stereocenters. The molecular formula is C18H15NO2. The van der Waals surface area contributed by atoms with E-state index < -0.39 is 5.92 Å². The molecule has 21 heavy (non-hydrogen) atoms. The van der Waals surface area contributed by atoms with Crippen molar-refractivity contribution in [3.63, 3.8) is 0 Å². The lowest BCUT2D eigenvalue weighted by Crippen LogP contribution is -2.43. The Morgan fingerprint density at radius 2 is 1.67 bits per heavy atom. The van der Waals surface area contributed by atoms with Crippen molar-refractivity contribution in [1.82, 2.24) is 0 Å². The average molecular weight is 277 g/mol. The summed E-state index contributed by atoms with van der Waals surface area (Å²) in [6.45, 7) is 4.10. The molecule has 3 heteroatoms. The van der Waals surface area contributed by atoms with Crippen LogP contribution in [-0.4, -0.2) is 18.2 Å². The summed E-state index contributed by atoms with van der Waals surface area (Å²) in [7, 11) is 0. The van der Waals surface area contributed by atoms with Crippen LogP contribution in [0.2, 0.25) is 0 Å². The first-order valence-corrected chi connectivity index (χ1v) is 6.84. The first-order valence-electron chi connectivity index (χ1n) is 6.84. The van der Waals surface area contributed by atoms with E-state index in [4.69, 9.17) is 0 Å². The van der Waals surface area contributed by atoms with Crippen molar-refractivity contribution < 1.29 is 9.59 Å². The molecule has 0 saturated heterocycles. The third kappa shape index (κ3) is 2.17. The Hall–Kier alpha value is -2.68. The molecule has 104 valence electrons. The monoisotopic (exact) mass is 277 g/mol. The van der Waals surface area contributed by atoms with E-state index in [1.54, 1.807) is 23.1 Å². The first kappa shape index (κ1) is 13.3. The summed E-state index contributed by atoms with van der Waals surface area (Å²) < 4.78 is 0. The van der Waals surface area contributed by atoms with Crippen LogP contribution in [0.25, 0.3) is 0 Å². The molecule has 1 heterocycles. The van der Waals surface area contributed by atoms with Gasteiger partial charge in [0.2, 0.25) is 5.91 Å². The number of hydrogen-bond acceptors (Lipinski definition) is 2. The van der Waals surface area contributed by atoms with Crippen molar-refractivity contribution in [1.29, 1.82) is 0 Å². The number of fused-ring (bicyclic) bond motifs is 1. The van der Waals surface area contributed by atoms with E-state index in [-0.39, 0.29) is 11.7 Å². The van der Waals surface area contributed by atoms with Gasteiger partial charge in [-0.1, -0.05) is 48.5 Å². The van der Waals surface area contributed by atoms with Crippen molar-refractivity contribution in [3.05, 3.63) is 78.4 Å². The van der Waals surface area contributed by atoms with Crippen LogP contribution in [0, 0.1) is 0 Å². The largest absolute Gasteiger partial charge is 0.307 e. The molecular weight excluding hydrogens is 262 g/mol. The van der Waals surface area contributed by atoms with E-state index in [0.29, 0.717) is 17.8 Å². The van der Waals surface area contributed by atoms with E-state index in [9.17, 15) is 9.59 Å². The van der Waals surface area contributed by atoms with Gasteiger partial charge in [-0.25, -0.2) is 0 Å². The molecule has 0 saturated carbocycles. The highest BCUT2D eigenvalue weighted by Crippen LogP contribution is 2.35. The molecule has 1 aliphatic rings. The summed E-state index contributed by atoms with van der Waals surface area (Å²) in [5, 5.41) is 0. The quantitative estimate of drug-likeness (QED) is 0.638. The van der Waals surface area contributed by atoms with Crippen LogP contribution in [0.4, 0.5) is 5.69 Å². The maximum absolute atomic E-state index is 12.7. The molecule has 0 radical (unpaired) electrons. The van der Waals surface area contributed by atoms with Crippen LogP contribution in [0.1, 0.15) is 21.8 Å². The second-order valence-electron chi connectivity index (χ2n) is 4.96. The Morgan fingerprint density at radius 3 is 2.38 bits per heavy atom. The number of amides is 1. The Balaban J connectivity index is 2.15. The Morgan fingerprint density at radius 1 is 1.00 bits per heavy atom. The van der Waals surface area contributed by atoms with Gasteiger partial charge >= 0.3 is 0 Å². The van der Waals surface area contributed by atoms with Gasteiger partial charge < -0.3 is 4.90 Å². The van der Waals surface area contributed by atoms with Crippen LogP contribution in [0.3, 0.4) is 0 Å². The Kier molecular flexibility index (Phi) is 3.40. The number of anilines is 1. The number of para-hydroxylation sites is 1. The van der Waals surface area contributed by atoms with Gasteiger partial charge in [-0.2, -0.15) is 0 Å². The number of nitrogens with zero attached hydrogens (tertiary/aromatic N) is 1. The molecule has 0 fully saturated rings. The standard InChI is InChI=1S/C18H15NO2/c1-2-12-19-15-11-7-6-10-14(15)17(20)16(18(19)21)13-8-4-3-5-9-13/h2-11,16H,1,12H2/t16-/m1/s1. The molecule has 3 nitrogen and oxygen atoms in total. The summed E-state index contributed by atoms with van der Waals surface area (Å²) in [6, 6.07) is 16.4. The molecule has 2 aromatic carbocycles. The highest BCUT2D eigenvalue weighted by Gasteiger charge is 2.39. The van der Waals surface area contributed by atoms with Crippen molar-refractivity contribution >= 4 is 17.4 Å². The van der Waals surface area contributed by atoms with Crippen molar-refractivity contribution in [3.8, 4) is 0 Å². The number of carbonyl (C=O) groups is 2. The second kappa shape index (κ2) is 5.37. The van der Waals surface area contributed by atoms with Gasteiger partial charge in [-0.05, 0) is 17.7 Å². The SMILES string of the molecule is C=CCN1C(=O)[C@H](c2ccccc2)C(=O)c2ccccc21. The number of hydrogen-bond donors (Lipinski definition) is 0. The highest BCUT2D eigenvalue weighted by molar-refractivity contribution is 6.25. The smallest absolute Gasteiger partial charge is 0.242 e. The normalized spacial score (nSPS) is 17.5. The topological polar surface area (TPSA) is 37.4 Å². The van der Waals surface area contributed by atoms with E-state index in [1.807, 2.05) is 42.5 Å². The molecule has 0 unspecified atom stereocenters. The zero-order chi connectivity index (χ0) is 14.8. The molecule has 0 aromatic heterocycles. The maximum Gasteiger partial charge on any atom is 0.242 e. The van der Waals surface area contributed by atoms with Gasteiger partial charge in [0, 0.05) is 12.1 Å². The summed E-state index contributed by atoms with van der Waals surface area (Å²) in [6.07, 6.45) is 1.67. The fourth-order valence-electron chi connectivity index (χ4n) is 2.72. The Labute approximate surface area is 123 Å². The van der Waals surface area contributed by atoms with Crippen LogP contribution in [-0.2, 0) is 4.79 Å². The fraction of sp³-hybridized carbons (Fsp3) is 0.111. The third-order valence-corrected chi connectivity index (χ3v) is 3.68. The minimum atomic E-state index is -0.763. The van der Waals surface area contributed by atoms with Gasteiger partial charge in [0.25, 0.3) is 0 Å². The van der Waals surface area contributed by atoms with Gasteiger partial charge in [-0.15, -0.1) is 6.58 Å². The minimum Gasteiger partial charge on any atom is -0.307 e. The summed E-state index contributed by atoms with van der Waals surface area (Å²) in [5.41, 5.74) is 1.99. The Bertz CT molecular complexity index is 706. The lowest BCUT2D eigenvalue weighted by Gasteiger charge is -2.32. The molecule has 2 aromatic rings. The summed E-state index contributed by atoms with van der Waals surface area (Å²) in [4.78, 5) is 27.1. The molecule has 1 amide bonds. The lowest BCUT2D eigenvalue weighted by molar-refractivity contribution is -0.119. The number of ketones is 1. The third-order valence-electron chi connectivity index (χ3n) is 3.68. The molecule has 3 rings (SSSR count). The molecule has 0 bridgehead atoms. The van der Waals surface area contributed by atoms with E-state index in [1.165, 1.54) is 0 Å². The van der Waals surface area contributed by atoms with Crippen LogP contribution < -0.4 is 4.90 Å². The maximum atomic E-state index is 12.7. The number of benzene rings is 2. The van der Waals surface area contributed by atoms with Gasteiger partial charge in [-0.3, -0.25) is 9.59 Å². The van der Waals surface area contributed by atoms with Crippen LogP contribution >= 0.6 is 0 Å². The number of Topliss-reactive ketones (excluding diaryl/α,β-unsaturated/α-hetero) is 1. The molecule has 0 N–H and O–H groups in total. The summed E-state index contributed by atoms with van der Waals surface area (Å²) >= 11 is 0. The van der Waals surface area contributed by atoms with Gasteiger partial charge in [0.1, 0.15) is 5.92 Å². The first-order chi connectivity index (χ1) is 10.2. The van der Waals surface area contributed by atoms with E-state index in [2.05, 4.69) is 6.58 Å². The zero-order valence-electron chi connectivity index (χ0n) is 11.5. The minimum absolute atomic E-state index is 0.137. The molecule has 0 aliphatic carbocycles. The second-order valence-corrected chi connectivity index (χ2v) is 4.96. The van der Waals surface area contributed by atoms with Gasteiger partial charge in [0.05, 0.1) is 5.69 Å². The fourth-order valence-corrected chi connectivity index (χ4v) is 2.72. The highest BCUT2D eigenvalue weighted by atomic mass is 16.2. The van der Waals surface area contributed by atoms with Crippen molar-refractivity contribution in [2.75, 3.05) is 11.4 Å². The lowest BCUT2D eigenvalue weighted by atomic mass is 9.85. The number of rotatable bonds is 3. The van der Waals surface area contributed by atoms with Crippen LogP contribution in [0.5, 0.6) is 0 Å².